The Morgan fingerprint density at radius 1 is 0.976 bits per heavy atom. The van der Waals surface area contributed by atoms with Gasteiger partial charge < -0.3 is 10.2 Å². The fourth-order valence-electron chi connectivity index (χ4n) is 4.70. The molecule has 0 radical (unpaired) electrons. The number of benzene rings is 3. The lowest BCUT2D eigenvalue weighted by Crippen LogP contribution is -2.50. The molecule has 0 bridgehead atoms. The minimum Gasteiger partial charge on any atom is -0.354 e. The number of amides is 2. The zero-order chi connectivity index (χ0) is 30.0. The van der Waals surface area contributed by atoms with Crippen molar-refractivity contribution < 1.29 is 22.4 Å². The van der Waals surface area contributed by atoms with Gasteiger partial charge in [0.2, 0.25) is 21.8 Å². The van der Waals surface area contributed by atoms with Gasteiger partial charge in [0.05, 0.1) is 11.9 Å². The van der Waals surface area contributed by atoms with E-state index >= 15 is 0 Å². The number of hydrogen-bond donors (Lipinski definition) is 1. The van der Waals surface area contributed by atoms with Crippen LogP contribution in [0, 0.1) is 19.7 Å². The summed E-state index contributed by atoms with van der Waals surface area (Å²) in [5.74, 6) is -1.13. The van der Waals surface area contributed by atoms with Gasteiger partial charge in [-0.2, -0.15) is 0 Å². The fourth-order valence-corrected chi connectivity index (χ4v) is 5.72. The largest absolute Gasteiger partial charge is 0.354 e. The second-order valence-corrected chi connectivity index (χ2v) is 12.2. The summed E-state index contributed by atoms with van der Waals surface area (Å²) < 4.78 is 41.5. The van der Waals surface area contributed by atoms with Crippen LogP contribution in [0.2, 0.25) is 0 Å². The van der Waals surface area contributed by atoms with Gasteiger partial charge in [0.25, 0.3) is 0 Å². The average Bonchev–Trinajstić information content (AvgIpc) is 2.94. The van der Waals surface area contributed by atoms with E-state index in [0.717, 1.165) is 29.4 Å². The number of halogens is 1. The molecule has 0 spiro atoms. The molecule has 0 aliphatic carbocycles. The maximum absolute atomic E-state index is 14.7. The van der Waals surface area contributed by atoms with Crippen molar-refractivity contribution in [2.75, 3.05) is 23.7 Å². The normalized spacial score (nSPS) is 12.0. The van der Waals surface area contributed by atoms with Crippen molar-refractivity contribution >= 4 is 27.5 Å². The molecular weight excluding hydrogens is 541 g/mol. The average molecular weight is 582 g/mol. The van der Waals surface area contributed by atoms with Crippen molar-refractivity contribution in [1.29, 1.82) is 0 Å². The first-order valence-electron chi connectivity index (χ1n) is 13.9. The molecule has 0 fully saturated rings. The van der Waals surface area contributed by atoms with Crippen LogP contribution in [0.1, 0.15) is 48.4 Å². The molecule has 0 saturated heterocycles. The minimum absolute atomic E-state index is 0.0162. The molecule has 0 unspecified atom stereocenters. The van der Waals surface area contributed by atoms with E-state index in [2.05, 4.69) is 5.32 Å². The Balaban J connectivity index is 1.90. The molecule has 220 valence electrons. The highest BCUT2D eigenvalue weighted by molar-refractivity contribution is 7.92. The number of anilines is 1. The van der Waals surface area contributed by atoms with Crippen molar-refractivity contribution in [2.24, 2.45) is 0 Å². The monoisotopic (exact) mass is 581 g/mol. The van der Waals surface area contributed by atoms with Gasteiger partial charge in [0.15, 0.2) is 0 Å². The number of carbonyl (C=O) groups is 2. The minimum atomic E-state index is -3.62. The van der Waals surface area contributed by atoms with Crippen LogP contribution in [0.25, 0.3) is 0 Å². The number of sulfonamides is 1. The topological polar surface area (TPSA) is 86.8 Å². The number of aryl methyl sites for hydroxylation is 2. The summed E-state index contributed by atoms with van der Waals surface area (Å²) in [4.78, 5) is 28.7. The first-order valence-corrected chi connectivity index (χ1v) is 15.8. The molecule has 0 heterocycles. The summed E-state index contributed by atoms with van der Waals surface area (Å²) in [6.07, 6.45) is 2.34. The zero-order valence-corrected chi connectivity index (χ0v) is 25.1. The molecule has 41 heavy (non-hydrogen) atoms. The predicted molar refractivity (Wildman–Crippen MR) is 162 cm³/mol. The molecule has 3 aromatic rings. The van der Waals surface area contributed by atoms with E-state index in [1.165, 1.54) is 15.3 Å². The van der Waals surface area contributed by atoms with Crippen LogP contribution in [-0.4, -0.2) is 50.5 Å². The highest BCUT2D eigenvalue weighted by Crippen LogP contribution is 2.25. The highest BCUT2D eigenvalue weighted by Gasteiger charge is 2.31. The molecular formula is C32H40FN3O4S. The molecule has 3 aromatic carbocycles. The Morgan fingerprint density at radius 3 is 2.32 bits per heavy atom. The lowest BCUT2D eigenvalue weighted by atomic mass is 10.0. The summed E-state index contributed by atoms with van der Waals surface area (Å²) in [5.41, 5.74) is 3.48. The van der Waals surface area contributed by atoms with Crippen molar-refractivity contribution in [3.63, 3.8) is 0 Å². The molecule has 0 aliphatic heterocycles. The van der Waals surface area contributed by atoms with Crippen LogP contribution in [0.5, 0.6) is 0 Å². The van der Waals surface area contributed by atoms with Crippen LogP contribution in [0.3, 0.4) is 0 Å². The van der Waals surface area contributed by atoms with Crippen LogP contribution >= 0.6 is 0 Å². The van der Waals surface area contributed by atoms with Gasteiger partial charge in [-0.1, -0.05) is 67.6 Å². The lowest BCUT2D eigenvalue weighted by Gasteiger charge is -2.32. The van der Waals surface area contributed by atoms with Gasteiger partial charge in [-0.05, 0) is 55.5 Å². The first kappa shape index (κ1) is 31.8. The van der Waals surface area contributed by atoms with Crippen LogP contribution < -0.4 is 9.62 Å². The van der Waals surface area contributed by atoms with Gasteiger partial charge in [-0.3, -0.25) is 13.9 Å². The van der Waals surface area contributed by atoms with Crippen molar-refractivity contribution in [3.05, 3.63) is 101 Å². The molecule has 0 aliphatic rings. The number of rotatable bonds is 14. The molecule has 9 heteroatoms. The van der Waals surface area contributed by atoms with E-state index in [1.54, 1.807) is 18.2 Å². The van der Waals surface area contributed by atoms with E-state index in [1.807, 2.05) is 69.3 Å². The fraction of sp³-hybridized carbons (Fsp3) is 0.375. The molecule has 0 saturated carbocycles. The van der Waals surface area contributed by atoms with Crippen LogP contribution in [-0.2, 0) is 32.6 Å². The molecule has 0 aromatic heterocycles. The Labute approximate surface area is 243 Å². The maximum Gasteiger partial charge on any atom is 0.243 e. The first-order chi connectivity index (χ1) is 19.5. The Hall–Kier alpha value is -3.72. The predicted octanol–water partition coefficient (Wildman–Crippen LogP) is 5.16. The van der Waals surface area contributed by atoms with Crippen molar-refractivity contribution in [1.82, 2.24) is 10.2 Å². The van der Waals surface area contributed by atoms with Crippen molar-refractivity contribution in [2.45, 2.75) is 59.0 Å². The van der Waals surface area contributed by atoms with Gasteiger partial charge in [0, 0.05) is 38.0 Å². The van der Waals surface area contributed by atoms with Gasteiger partial charge in [-0.25, -0.2) is 12.8 Å². The van der Waals surface area contributed by atoms with E-state index in [4.69, 9.17) is 0 Å². The highest BCUT2D eigenvalue weighted by atomic mass is 32.2. The van der Waals surface area contributed by atoms with E-state index in [9.17, 15) is 22.4 Å². The summed E-state index contributed by atoms with van der Waals surface area (Å²) in [6, 6.07) is 20.3. The molecule has 1 atom stereocenters. The third kappa shape index (κ3) is 9.14. The number of hydrogen-bond acceptors (Lipinski definition) is 4. The molecule has 2 amide bonds. The Kier molecular flexibility index (Phi) is 11.5. The second-order valence-electron chi connectivity index (χ2n) is 10.3. The number of nitrogens with one attached hydrogen (secondary N) is 1. The van der Waals surface area contributed by atoms with Gasteiger partial charge in [-0.15, -0.1) is 0 Å². The lowest BCUT2D eigenvalue weighted by molar-refractivity contribution is -0.141. The molecule has 7 nitrogen and oxygen atoms in total. The van der Waals surface area contributed by atoms with E-state index < -0.39 is 21.9 Å². The van der Waals surface area contributed by atoms with Crippen LogP contribution in [0.4, 0.5) is 10.1 Å². The third-order valence-electron chi connectivity index (χ3n) is 6.90. The summed E-state index contributed by atoms with van der Waals surface area (Å²) >= 11 is 0. The number of carbonyl (C=O) groups excluding carboxylic acids is 2. The van der Waals surface area contributed by atoms with Crippen molar-refractivity contribution in [3.8, 4) is 0 Å². The SMILES string of the molecule is CCCNC(=O)[C@@H](Cc1ccccc1)N(Cc1ccccc1F)C(=O)CCCN(c1cc(C)ccc1C)S(C)(=O)=O. The zero-order valence-electron chi connectivity index (χ0n) is 24.3. The standard InChI is InChI=1S/C32H40FN3O4S/c1-5-19-34-32(38)30(22-26-12-7-6-8-13-26)35(23-27-14-9-10-15-28(27)33)31(37)16-11-20-36(41(4,39)40)29-21-24(2)17-18-25(29)3/h6-10,12-15,17-18,21,30H,5,11,16,19-20,22-23H2,1-4H3,(H,34,38)/t30-/m1/s1. The van der Waals surface area contributed by atoms with E-state index in [-0.39, 0.29) is 44.2 Å². The summed E-state index contributed by atoms with van der Waals surface area (Å²) in [5, 5.41) is 2.90. The Bertz CT molecular complexity index is 1430. The maximum atomic E-state index is 14.7. The summed E-state index contributed by atoms with van der Waals surface area (Å²) in [6.45, 7) is 6.13. The smallest absolute Gasteiger partial charge is 0.243 e. The van der Waals surface area contributed by atoms with Gasteiger partial charge >= 0.3 is 0 Å². The second kappa shape index (κ2) is 14.8. The quantitative estimate of drug-likeness (QED) is 0.285. The third-order valence-corrected chi connectivity index (χ3v) is 8.08. The van der Waals surface area contributed by atoms with Gasteiger partial charge in [0.1, 0.15) is 11.9 Å². The molecule has 1 N–H and O–H groups in total. The molecule has 3 rings (SSSR count). The van der Waals surface area contributed by atoms with E-state index in [0.29, 0.717) is 17.8 Å². The van der Waals surface area contributed by atoms with Crippen LogP contribution in [0.15, 0.2) is 72.8 Å². The number of nitrogens with zero attached hydrogens (tertiary/aromatic N) is 2. The Morgan fingerprint density at radius 2 is 1.66 bits per heavy atom. The summed E-state index contributed by atoms with van der Waals surface area (Å²) in [7, 11) is -3.62.